The molecule has 0 unspecified atom stereocenters. The number of carbonyl (C=O) groups excluding carboxylic acids is 1. The quantitative estimate of drug-likeness (QED) is 0.360. The first kappa shape index (κ1) is 26.1. The lowest BCUT2D eigenvalue weighted by Crippen LogP contribution is -2.39. The summed E-state index contributed by atoms with van der Waals surface area (Å²) in [5.74, 6) is -4.20. The van der Waals surface area contributed by atoms with Crippen molar-refractivity contribution < 1.29 is 23.5 Å². The Bertz CT molecular complexity index is 1350. The summed E-state index contributed by atoms with van der Waals surface area (Å²) in [7, 11) is 0. The summed E-state index contributed by atoms with van der Waals surface area (Å²) in [5.41, 5.74) is 1.79. The van der Waals surface area contributed by atoms with Gasteiger partial charge in [-0.2, -0.15) is 13.9 Å². The Balaban J connectivity index is 1.59. The van der Waals surface area contributed by atoms with E-state index in [-0.39, 0.29) is 35.4 Å². The number of halogens is 4. The van der Waals surface area contributed by atoms with Crippen molar-refractivity contribution in [3.8, 4) is 0 Å². The number of carboxylic acid groups (broad SMARTS) is 1. The fourth-order valence-electron chi connectivity index (χ4n) is 4.58. The smallest absolute Gasteiger partial charge is 0.303 e. The minimum atomic E-state index is -3.16. The van der Waals surface area contributed by atoms with Crippen molar-refractivity contribution in [2.75, 3.05) is 13.1 Å². The predicted molar refractivity (Wildman–Crippen MR) is 135 cm³/mol. The van der Waals surface area contributed by atoms with Crippen LogP contribution in [0.2, 0.25) is 10.0 Å². The van der Waals surface area contributed by atoms with Crippen LogP contribution in [0, 0.1) is 12.8 Å². The molecule has 1 aromatic heterocycles. The Morgan fingerprint density at radius 2 is 1.94 bits per heavy atom. The second kappa shape index (κ2) is 10.2. The van der Waals surface area contributed by atoms with E-state index in [4.69, 9.17) is 28.3 Å². The van der Waals surface area contributed by atoms with E-state index in [0.717, 1.165) is 0 Å². The summed E-state index contributed by atoms with van der Waals surface area (Å²) in [6.07, 6.45) is 3.57. The Morgan fingerprint density at radius 1 is 1.25 bits per heavy atom. The lowest BCUT2D eigenvalue weighted by atomic mass is 9.93. The minimum absolute atomic E-state index is 0.0483. The molecule has 1 fully saturated rings. The highest BCUT2D eigenvalue weighted by Crippen LogP contribution is 2.34. The Hall–Kier alpha value is -2.97. The molecule has 190 valence electrons. The highest BCUT2D eigenvalue weighted by molar-refractivity contribution is 6.38. The average Bonchev–Trinajstić information content (AvgIpc) is 3.25. The number of amides is 1. The zero-order valence-corrected chi connectivity index (χ0v) is 21.1. The van der Waals surface area contributed by atoms with Gasteiger partial charge < -0.3 is 10.0 Å². The van der Waals surface area contributed by atoms with Crippen molar-refractivity contribution in [2.24, 2.45) is 5.92 Å². The number of aliphatic carboxylic acids is 1. The van der Waals surface area contributed by atoms with Crippen LogP contribution in [0.4, 0.5) is 8.78 Å². The van der Waals surface area contributed by atoms with Crippen LogP contribution in [0.3, 0.4) is 0 Å². The number of likely N-dealkylation sites (tertiary alicyclic amines) is 1. The lowest BCUT2D eigenvalue weighted by Gasteiger charge is -2.31. The number of fused-ring (bicyclic) bond motifs is 1. The second-order valence-corrected chi connectivity index (χ2v) is 9.89. The van der Waals surface area contributed by atoms with Crippen molar-refractivity contribution in [2.45, 2.75) is 38.7 Å². The molecule has 0 saturated carbocycles. The van der Waals surface area contributed by atoms with Gasteiger partial charge in [0.05, 0.1) is 22.6 Å². The maximum atomic E-state index is 14.2. The molecule has 0 atom stereocenters. The number of carbonyl (C=O) groups is 2. The van der Waals surface area contributed by atoms with Crippen molar-refractivity contribution in [3.63, 3.8) is 0 Å². The van der Waals surface area contributed by atoms with Gasteiger partial charge in [0.2, 0.25) is 0 Å². The van der Waals surface area contributed by atoms with Crippen LogP contribution in [0.1, 0.15) is 46.3 Å². The summed E-state index contributed by atoms with van der Waals surface area (Å²) < 4.78 is 29.9. The van der Waals surface area contributed by atoms with Gasteiger partial charge in [0.25, 0.3) is 11.8 Å². The van der Waals surface area contributed by atoms with Crippen LogP contribution in [0.15, 0.2) is 43.1 Å². The summed E-state index contributed by atoms with van der Waals surface area (Å²) in [6.45, 7) is 5.97. The van der Waals surface area contributed by atoms with Crippen LogP contribution >= 0.6 is 23.2 Å². The van der Waals surface area contributed by atoms with E-state index in [0.29, 0.717) is 64.6 Å². The number of hydrogen-bond acceptors (Lipinski definition) is 3. The molecule has 1 aliphatic rings. The highest BCUT2D eigenvalue weighted by Gasteiger charge is 2.29. The minimum Gasteiger partial charge on any atom is -0.481 e. The number of nitrogens with zero attached hydrogens (tertiary/aromatic N) is 3. The molecule has 0 spiro atoms. The number of piperidine rings is 1. The molecule has 0 bridgehead atoms. The molecule has 1 amide bonds. The summed E-state index contributed by atoms with van der Waals surface area (Å²) in [4.78, 5) is 25.8. The van der Waals surface area contributed by atoms with Crippen LogP contribution < -0.4 is 0 Å². The largest absolute Gasteiger partial charge is 0.481 e. The van der Waals surface area contributed by atoms with Gasteiger partial charge in [-0.05, 0) is 61.6 Å². The first-order chi connectivity index (χ1) is 17.0. The van der Waals surface area contributed by atoms with Gasteiger partial charge >= 0.3 is 5.97 Å². The Morgan fingerprint density at radius 3 is 2.58 bits per heavy atom. The predicted octanol–water partition coefficient (Wildman–Crippen LogP) is 6.30. The van der Waals surface area contributed by atoms with E-state index in [1.807, 2.05) is 0 Å². The molecule has 4 rings (SSSR count). The standard InChI is InChI=1S/C26H25Cl2F2N3O3/c1-3-26(29,30)18-10-15(2)24-17(12-18)13-33(31-24)14-20-21(27)5-4-19(23(20)28)25(36)32-8-6-16(7-9-32)11-22(34)35/h3-5,10,12-13,16H,1,6-9,11,14H2,2H3,(H,34,35). The molecule has 2 heterocycles. The zero-order valence-electron chi connectivity index (χ0n) is 19.6. The molecule has 0 radical (unpaired) electrons. The lowest BCUT2D eigenvalue weighted by molar-refractivity contribution is -0.138. The van der Waals surface area contributed by atoms with Gasteiger partial charge in [0, 0.05) is 47.2 Å². The number of carboxylic acids is 1. The SMILES string of the molecule is C=CC(F)(F)c1cc(C)c2nn(Cc3c(Cl)ccc(C(=O)N4CCC(CC(=O)O)CC4)c3Cl)cc2c1. The fraction of sp³-hybridized carbons (Fsp3) is 0.346. The van der Waals surface area contributed by atoms with E-state index in [2.05, 4.69) is 11.7 Å². The van der Waals surface area contributed by atoms with Gasteiger partial charge in [-0.15, -0.1) is 0 Å². The first-order valence-corrected chi connectivity index (χ1v) is 12.2. The number of hydrogen-bond donors (Lipinski definition) is 1. The van der Waals surface area contributed by atoms with Crippen molar-refractivity contribution in [1.82, 2.24) is 14.7 Å². The summed E-state index contributed by atoms with van der Waals surface area (Å²) >= 11 is 13.1. The molecule has 1 N–H and O–H groups in total. The highest BCUT2D eigenvalue weighted by atomic mass is 35.5. The van der Waals surface area contributed by atoms with Gasteiger partial charge in [0.15, 0.2) is 0 Å². The number of rotatable bonds is 7. The van der Waals surface area contributed by atoms with E-state index in [1.165, 1.54) is 12.1 Å². The first-order valence-electron chi connectivity index (χ1n) is 11.5. The van der Waals surface area contributed by atoms with Crippen molar-refractivity contribution in [1.29, 1.82) is 0 Å². The van der Waals surface area contributed by atoms with Crippen LogP contribution in [-0.4, -0.2) is 44.8 Å². The molecule has 36 heavy (non-hydrogen) atoms. The van der Waals surface area contributed by atoms with E-state index < -0.39 is 11.9 Å². The molecular formula is C26H25Cl2F2N3O3. The van der Waals surface area contributed by atoms with Crippen LogP contribution in [0.5, 0.6) is 0 Å². The van der Waals surface area contributed by atoms with Crippen molar-refractivity contribution >= 4 is 46.0 Å². The molecule has 2 aromatic carbocycles. The Labute approximate surface area is 217 Å². The number of allylic oxidation sites excluding steroid dienone is 1. The number of benzene rings is 2. The molecule has 10 heteroatoms. The Kier molecular flexibility index (Phi) is 7.38. The number of alkyl halides is 2. The second-order valence-electron chi connectivity index (χ2n) is 9.11. The average molecular weight is 536 g/mol. The fourth-order valence-corrected chi connectivity index (χ4v) is 5.15. The third-order valence-corrected chi connectivity index (χ3v) is 7.38. The number of aromatic nitrogens is 2. The third-order valence-electron chi connectivity index (χ3n) is 6.59. The van der Waals surface area contributed by atoms with E-state index >= 15 is 0 Å². The molecule has 3 aromatic rings. The van der Waals surface area contributed by atoms with Gasteiger partial charge in [-0.3, -0.25) is 14.3 Å². The van der Waals surface area contributed by atoms with E-state index in [1.54, 1.807) is 34.8 Å². The van der Waals surface area contributed by atoms with Gasteiger partial charge in [-0.1, -0.05) is 29.8 Å². The van der Waals surface area contributed by atoms with Crippen molar-refractivity contribution in [3.05, 3.63) is 75.4 Å². The molecule has 1 aliphatic heterocycles. The van der Waals surface area contributed by atoms with E-state index in [9.17, 15) is 18.4 Å². The zero-order chi connectivity index (χ0) is 26.2. The summed E-state index contributed by atoms with van der Waals surface area (Å²) in [6, 6.07) is 5.95. The van der Waals surface area contributed by atoms with Gasteiger partial charge in [-0.25, -0.2) is 0 Å². The van der Waals surface area contributed by atoms with Crippen LogP contribution in [0.25, 0.3) is 10.9 Å². The van der Waals surface area contributed by atoms with Gasteiger partial charge in [0.1, 0.15) is 0 Å². The molecular weight excluding hydrogens is 511 g/mol. The monoisotopic (exact) mass is 535 g/mol. The molecule has 1 saturated heterocycles. The normalized spacial score (nSPS) is 14.9. The molecule has 6 nitrogen and oxygen atoms in total. The molecule has 0 aliphatic carbocycles. The summed E-state index contributed by atoms with van der Waals surface area (Å²) in [5, 5.41) is 14.6. The third kappa shape index (κ3) is 5.25. The number of aryl methyl sites for hydroxylation is 1. The topological polar surface area (TPSA) is 75.4 Å². The maximum Gasteiger partial charge on any atom is 0.303 e. The maximum absolute atomic E-state index is 14.2. The van der Waals surface area contributed by atoms with Crippen LogP contribution in [-0.2, 0) is 17.3 Å².